The lowest BCUT2D eigenvalue weighted by atomic mass is 10.0. The van der Waals surface area contributed by atoms with E-state index in [1.165, 1.54) is 0 Å². The van der Waals surface area contributed by atoms with Gasteiger partial charge in [0.05, 0.1) is 6.61 Å². The summed E-state index contributed by atoms with van der Waals surface area (Å²) in [6.45, 7) is 1.87. The van der Waals surface area contributed by atoms with Crippen LogP contribution in [-0.2, 0) is 14.3 Å². The molecule has 0 aromatic carbocycles. The van der Waals surface area contributed by atoms with E-state index in [1.807, 2.05) is 0 Å². The van der Waals surface area contributed by atoms with Crippen LogP contribution in [0.3, 0.4) is 0 Å². The molecule has 0 radical (unpaired) electrons. The number of carboxylic acid groups (broad SMARTS) is 1. The van der Waals surface area contributed by atoms with Crippen molar-refractivity contribution in [3.63, 3.8) is 0 Å². The molecule has 0 heterocycles. The molecule has 0 amide bonds. The van der Waals surface area contributed by atoms with Gasteiger partial charge in [-0.15, -0.1) is 11.6 Å². The molecule has 88 valence electrons. The number of alkyl halides is 1. The number of carboxylic acids is 1. The molecule has 5 heteroatoms. The highest BCUT2D eigenvalue weighted by molar-refractivity contribution is 6.17. The van der Waals surface area contributed by atoms with Crippen LogP contribution in [0.25, 0.3) is 0 Å². The van der Waals surface area contributed by atoms with Gasteiger partial charge in [-0.3, -0.25) is 9.59 Å². The van der Waals surface area contributed by atoms with Gasteiger partial charge in [-0.2, -0.15) is 0 Å². The van der Waals surface area contributed by atoms with Crippen molar-refractivity contribution >= 4 is 23.5 Å². The molecule has 0 saturated heterocycles. The average molecular weight is 237 g/mol. The van der Waals surface area contributed by atoms with Gasteiger partial charge in [0, 0.05) is 5.88 Å². The predicted octanol–water partition coefficient (Wildman–Crippen LogP) is 2.05. The number of hydrogen-bond donors (Lipinski definition) is 1. The van der Waals surface area contributed by atoms with Crippen LogP contribution in [0.4, 0.5) is 0 Å². The van der Waals surface area contributed by atoms with Crippen LogP contribution in [-0.4, -0.2) is 29.5 Å². The van der Waals surface area contributed by atoms with Gasteiger partial charge in [0.1, 0.15) is 0 Å². The first kappa shape index (κ1) is 14.2. The standard InChI is InChI=1S/C10H17ClO4/c1-2-15-10(14)8(9(12)13)6-4-3-5-7-11/h8H,2-7H2,1H3,(H,12,13). The van der Waals surface area contributed by atoms with Crippen LogP contribution in [0.5, 0.6) is 0 Å². The van der Waals surface area contributed by atoms with E-state index < -0.39 is 17.9 Å². The number of esters is 1. The Balaban J connectivity index is 3.94. The summed E-state index contributed by atoms with van der Waals surface area (Å²) in [5, 5.41) is 8.80. The Hall–Kier alpha value is -0.770. The van der Waals surface area contributed by atoms with Crippen molar-refractivity contribution in [1.82, 2.24) is 0 Å². The molecule has 1 atom stereocenters. The maximum Gasteiger partial charge on any atom is 0.320 e. The normalized spacial score (nSPS) is 12.1. The van der Waals surface area contributed by atoms with E-state index in [0.717, 1.165) is 12.8 Å². The number of unbranched alkanes of at least 4 members (excludes halogenated alkanes) is 2. The molecule has 0 aromatic rings. The van der Waals surface area contributed by atoms with Crippen LogP contribution in [0, 0.1) is 5.92 Å². The van der Waals surface area contributed by atoms with Crippen molar-refractivity contribution in [2.24, 2.45) is 5.92 Å². The predicted molar refractivity (Wildman–Crippen MR) is 56.9 cm³/mol. The number of carbonyl (C=O) groups is 2. The molecule has 0 aromatic heterocycles. The van der Waals surface area contributed by atoms with Gasteiger partial charge in [-0.1, -0.05) is 12.8 Å². The summed E-state index contributed by atoms with van der Waals surface area (Å²) in [5.41, 5.74) is 0. The van der Waals surface area contributed by atoms with Gasteiger partial charge >= 0.3 is 11.9 Å². The maximum absolute atomic E-state index is 11.2. The zero-order valence-corrected chi connectivity index (χ0v) is 9.63. The first-order valence-electron chi connectivity index (χ1n) is 5.08. The van der Waals surface area contributed by atoms with Gasteiger partial charge in [0.2, 0.25) is 0 Å². The molecule has 0 fully saturated rings. The third kappa shape index (κ3) is 6.33. The number of ether oxygens (including phenoxy) is 1. The molecule has 0 bridgehead atoms. The first-order chi connectivity index (χ1) is 7.13. The minimum absolute atomic E-state index is 0.213. The Bertz CT molecular complexity index is 206. The number of carbonyl (C=O) groups excluding carboxylic acids is 1. The third-order valence-electron chi connectivity index (χ3n) is 2.00. The Morgan fingerprint density at radius 2 is 2.00 bits per heavy atom. The fraction of sp³-hybridized carbons (Fsp3) is 0.800. The summed E-state index contributed by atoms with van der Waals surface area (Å²) in [4.78, 5) is 22.0. The Morgan fingerprint density at radius 3 is 2.47 bits per heavy atom. The quantitative estimate of drug-likeness (QED) is 0.303. The van der Waals surface area contributed by atoms with E-state index in [4.69, 9.17) is 16.7 Å². The van der Waals surface area contributed by atoms with E-state index in [9.17, 15) is 9.59 Å². The van der Waals surface area contributed by atoms with Crippen molar-refractivity contribution < 1.29 is 19.4 Å². The lowest BCUT2D eigenvalue weighted by Crippen LogP contribution is -2.25. The zero-order chi connectivity index (χ0) is 11.7. The second-order valence-electron chi connectivity index (χ2n) is 3.18. The van der Waals surface area contributed by atoms with E-state index >= 15 is 0 Å². The molecule has 1 unspecified atom stereocenters. The first-order valence-corrected chi connectivity index (χ1v) is 5.62. The third-order valence-corrected chi connectivity index (χ3v) is 2.26. The van der Waals surface area contributed by atoms with E-state index in [0.29, 0.717) is 18.7 Å². The lowest BCUT2D eigenvalue weighted by Gasteiger charge is -2.10. The van der Waals surface area contributed by atoms with E-state index in [1.54, 1.807) is 6.92 Å². The SMILES string of the molecule is CCOC(=O)C(CCCCCCl)C(=O)O. The van der Waals surface area contributed by atoms with Gasteiger partial charge in [0.15, 0.2) is 5.92 Å². The fourth-order valence-electron chi connectivity index (χ4n) is 1.20. The lowest BCUT2D eigenvalue weighted by molar-refractivity contribution is -0.158. The molecule has 0 aliphatic heterocycles. The molecule has 1 N–H and O–H groups in total. The minimum atomic E-state index is -1.11. The topological polar surface area (TPSA) is 63.6 Å². The van der Waals surface area contributed by atoms with Crippen LogP contribution >= 0.6 is 11.6 Å². The Morgan fingerprint density at radius 1 is 1.33 bits per heavy atom. The molecule has 0 aliphatic rings. The molecule has 4 nitrogen and oxygen atoms in total. The van der Waals surface area contributed by atoms with Crippen LogP contribution in [0.15, 0.2) is 0 Å². The van der Waals surface area contributed by atoms with Crippen LogP contribution in [0.1, 0.15) is 32.6 Å². The van der Waals surface area contributed by atoms with E-state index in [-0.39, 0.29) is 6.61 Å². The Kier molecular flexibility index (Phi) is 8.09. The molecule has 0 aliphatic carbocycles. The highest BCUT2D eigenvalue weighted by Gasteiger charge is 2.26. The van der Waals surface area contributed by atoms with Crippen molar-refractivity contribution in [3.05, 3.63) is 0 Å². The second-order valence-corrected chi connectivity index (χ2v) is 3.56. The number of hydrogen-bond acceptors (Lipinski definition) is 3. The fourth-order valence-corrected chi connectivity index (χ4v) is 1.39. The largest absolute Gasteiger partial charge is 0.481 e. The summed E-state index contributed by atoms with van der Waals surface area (Å²) in [5.74, 6) is -2.22. The summed E-state index contributed by atoms with van der Waals surface area (Å²) < 4.78 is 4.68. The van der Waals surface area contributed by atoms with Gasteiger partial charge in [-0.05, 0) is 19.8 Å². The highest BCUT2D eigenvalue weighted by Crippen LogP contribution is 2.12. The number of aliphatic carboxylic acids is 1. The molecule has 0 rings (SSSR count). The van der Waals surface area contributed by atoms with Gasteiger partial charge in [-0.25, -0.2) is 0 Å². The van der Waals surface area contributed by atoms with Crippen molar-refractivity contribution in [1.29, 1.82) is 0 Å². The maximum atomic E-state index is 11.2. The molecular formula is C10H17ClO4. The van der Waals surface area contributed by atoms with Crippen LogP contribution < -0.4 is 0 Å². The monoisotopic (exact) mass is 236 g/mol. The number of halogens is 1. The van der Waals surface area contributed by atoms with Crippen molar-refractivity contribution in [3.8, 4) is 0 Å². The highest BCUT2D eigenvalue weighted by atomic mass is 35.5. The summed E-state index contributed by atoms with van der Waals surface area (Å²) in [6.07, 6.45) is 2.69. The summed E-state index contributed by atoms with van der Waals surface area (Å²) in [7, 11) is 0. The molecular weight excluding hydrogens is 220 g/mol. The van der Waals surface area contributed by atoms with Gasteiger partial charge in [0.25, 0.3) is 0 Å². The summed E-state index contributed by atoms with van der Waals surface area (Å²) in [6, 6.07) is 0. The van der Waals surface area contributed by atoms with Gasteiger partial charge < -0.3 is 9.84 Å². The van der Waals surface area contributed by atoms with Crippen LogP contribution in [0.2, 0.25) is 0 Å². The second kappa shape index (κ2) is 8.53. The zero-order valence-electron chi connectivity index (χ0n) is 8.87. The molecule has 0 spiro atoms. The Labute approximate surface area is 94.6 Å². The minimum Gasteiger partial charge on any atom is -0.481 e. The number of rotatable bonds is 8. The van der Waals surface area contributed by atoms with Crippen molar-refractivity contribution in [2.75, 3.05) is 12.5 Å². The van der Waals surface area contributed by atoms with E-state index in [2.05, 4.69) is 4.74 Å². The average Bonchev–Trinajstić information content (AvgIpc) is 2.17. The molecule has 15 heavy (non-hydrogen) atoms. The summed E-state index contributed by atoms with van der Waals surface area (Å²) >= 11 is 5.48. The smallest absolute Gasteiger partial charge is 0.320 e. The van der Waals surface area contributed by atoms with Crippen molar-refractivity contribution in [2.45, 2.75) is 32.6 Å². The molecule has 0 saturated carbocycles.